The Labute approximate surface area is 171 Å². The van der Waals surface area contributed by atoms with Gasteiger partial charge in [-0.15, -0.1) is 0 Å². The Morgan fingerprint density at radius 2 is 1.90 bits per heavy atom. The number of primary amides is 1. The van der Waals surface area contributed by atoms with Gasteiger partial charge in [-0.05, 0) is 44.6 Å². The molecule has 29 heavy (non-hydrogen) atoms. The normalized spacial score (nSPS) is 22.6. The summed E-state index contributed by atoms with van der Waals surface area (Å²) in [6.45, 7) is 1.04. The Bertz CT molecular complexity index is 773. The molecule has 2 atom stereocenters. The second-order valence-corrected chi connectivity index (χ2v) is 8.19. The van der Waals surface area contributed by atoms with Gasteiger partial charge in [-0.25, -0.2) is 0 Å². The van der Waals surface area contributed by atoms with Crippen molar-refractivity contribution in [2.75, 3.05) is 40.9 Å². The predicted molar refractivity (Wildman–Crippen MR) is 108 cm³/mol. The molecule has 8 heteroatoms. The maximum absolute atomic E-state index is 12.7. The molecule has 1 aromatic carbocycles. The lowest BCUT2D eigenvalue weighted by Gasteiger charge is -2.21. The van der Waals surface area contributed by atoms with Crippen LogP contribution in [0.15, 0.2) is 24.3 Å². The SMILES string of the molecule is COCC(=O)N1CC(NC(=O)c2ccc(C3(CN(C)C)CC3)cc2)[CH]C1C(N)=O. The van der Waals surface area contributed by atoms with E-state index in [2.05, 4.69) is 24.3 Å². The van der Waals surface area contributed by atoms with Gasteiger partial charge in [-0.1, -0.05) is 12.1 Å². The number of rotatable bonds is 8. The van der Waals surface area contributed by atoms with E-state index in [1.807, 2.05) is 24.3 Å². The van der Waals surface area contributed by atoms with Crippen LogP contribution in [0.25, 0.3) is 0 Å². The first-order valence-electron chi connectivity index (χ1n) is 9.74. The third kappa shape index (κ3) is 4.76. The molecule has 0 spiro atoms. The van der Waals surface area contributed by atoms with Gasteiger partial charge in [0.05, 0.1) is 6.04 Å². The standard InChI is InChI=1S/C21H29N4O4/c1-24(2)13-21(8-9-21)15-6-4-14(5-7-15)20(28)23-16-10-17(19(22)27)25(11-16)18(26)12-29-3/h4-7,10,16-17H,8-9,11-13H2,1-3H3,(H2,22,27)(H,23,28). The van der Waals surface area contributed by atoms with Crippen LogP contribution in [0.1, 0.15) is 28.8 Å². The fourth-order valence-electron chi connectivity index (χ4n) is 4.04. The lowest BCUT2D eigenvalue weighted by Crippen LogP contribution is -2.45. The van der Waals surface area contributed by atoms with Crippen molar-refractivity contribution in [3.8, 4) is 0 Å². The number of amides is 3. The highest BCUT2D eigenvalue weighted by Gasteiger charge is 2.44. The quantitative estimate of drug-likeness (QED) is 0.634. The van der Waals surface area contributed by atoms with Crippen molar-refractivity contribution in [2.24, 2.45) is 5.73 Å². The summed E-state index contributed by atoms with van der Waals surface area (Å²) in [5.74, 6) is -1.23. The molecule has 1 saturated heterocycles. The highest BCUT2D eigenvalue weighted by molar-refractivity contribution is 5.95. The number of nitrogens with two attached hydrogens (primary N) is 1. The van der Waals surface area contributed by atoms with Crippen LogP contribution in [-0.2, 0) is 19.7 Å². The van der Waals surface area contributed by atoms with Gasteiger partial charge in [0.2, 0.25) is 11.8 Å². The number of hydrogen-bond acceptors (Lipinski definition) is 5. The lowest BCUT2D eigenvalue weighted by atomic mass is 9.94. The number of methoxy groups -OCH3 is 1. The molecule has 3 amide bonds. The van der Waals surface area contributed by atoms with Crippen molar-refractivity contribution in [1.29, 1.82) is 0 Å². The molecule has 1 aromatic rings. The van der Waals surface area contributed by atoms with Crippen LogP contribution in [-0.4, -0.2) is 80.5 Å². The number of carbonyl (C=O) groups excluding carboxylic acids is 3. The molecule has 0 bridgehead atoms. The first-order valence-corrected chi connectivity index (χ1v) is 9.74. The monoisotopic (exact) mass is 401 g/mol. The van der Waals surface area contributed by atoms with E-state index in [9.17, 15) is 14.4 Å². The zero-order chi connectivity index (χ0) is 21.2. The molecule has 2 aliphatic rings. The third-order valence-electron chi connectivity index (χ3n) is 5.57. The number of likely N-dealkylation sites (tertiary alicyclic amines) is 1. The average molecular weight is 401 g/mol. The van der Waals surface area contributed by atoms with E-state index in [0.717, 1.165) is 19.4 Å². The second kappa shape index (κ2) is 8.51. The molecule has 1 aliphatic heterocycles. The Morgan fingerprint density at radius 1 is 1.24 bits per heavy atom. The minimum Gasteiger partial charge on any atom is -0.375 e. The van der Waals surface area contributed by atoms with Crippen molar-refractivity contribution < 1.29 is 19.1 Å². The molecular weight excluding hydrogens is 372 g/mol. The molecule has 3 rings (SSSR count). The van der Waals surface area contributed by atoms with E-state index in [4.69, 9.17) is 10.5 Å². The van der Waals surface area contributed by atoms with Gasteiger partial charge in [0.25, 0.3) is 5.91 Å². The molecule has 0 aromatic heterocycles. The van der Waals surface area contributed by atoms with Gasteiger partial charge < -0.3 is 25.6 Å². The number of ether oxygens (including phenoxy) is 1. The molecule has 2 unspecified atom stereocenters. The fraction of sp³-hybridized carbons (Fsp3) is 0.524. The lowest BCUT2D eigenvalue weighted by molar-refractivity contribution is -0.139. The van der Waals surface area contributed by atoms with Gasteiger partial charge in [0, 0.05) is 37.6 Å². The van der Waals surface area contributed by atoms with Crippen LogP contribution in [0.5, 0.6) is 0 Å². The topological polar surface area (TPSA) is 105 Å². The highest BCUT2D eigenvalue weighted by atomic mass is 16.5. The summed E-state index contributed by atoms with van der Waals surface area (Å²) in [5, 5.41) is 2.87. The summed E-state index contributed by atoms with van der Waals surface area (Å²) in [6.07, 6.45) is 3.92. The third-order valence-corrected chi connectivity index (χ3v) is 5.57. The Morgan fingerprint density at radius 3 is 2.41 bits per heavy atom. The molecule has 2 fully saturated rings. The molecule has 3 N–H and O–H groups in total. The smallest absolute Gasteiger partial charge is 0.251 e. The zero-order valence-electron chi connectivity index (χ0n) is 17.2. The molecule has 1 aliphatic carbocycles. The van der Waals surface area contributed by atoms with E-state index in [0.29, 0.717) is 5.56 Å². The first kappa shape index (κ1) is 21.3. The molecule has 1 radical (unpaired) electrons. The van der Waals surface area contributed by atoms with Gasteiger partial charge >= 0.3 is 0 Å². The molecule has 1 heterocycles. The zero-order valence-corrected chi connectivity index (χ0v) is 17.2. The van der Waals surface area contributed by atoms with Crippen molar-refractivity contribution in [2.45, 2.75) is 30.3 Å². The number of nitrogens with zero attached hydrogens (tertiary/aromatic N) is 2. The number of carbonyl (C=O) groups is 3. The number of hydrogen-bond donors (Lipinski definition) is 2. The summed E-state index contributed by atoms with van der Waals surface area (Å²) in [7, 11) is 5.55. The fourth-order valence-corrected chi connectivity index (χ4v) is 4.04. The van der Waals surface area contributed by atoms with Crippen molar-refractivity contribution in [1.82, 2.24) is 15.1 Å². The minimum atomic E-state index is -0.855. The minimum absolute atomic E-state index is 0.144. The van der Waals surface area contributed by atoms with Gasteiger partial charge in [-0.3, -0.25) is 14.4 Å². The largest absolute Gasteiger partial charge is 0.375 e. The number of likely N-dealkylation sites (N-methyl/N-ethyl adjacent to an activating group) is 1. The highest BCUT2D eigenvalue weighted by Crippen LogP contribution is 2.48. The van der Waals surface area contributed by atoms with Gasteiger partial charge in [0.1, 0.15) is 12.6 Å². The second-order valence-electron chi connectivity index (χ2n) is 8.19. The van der Waals surface area contributed by atoms with E-state index < -0.39 is 18.0 Å². The number of nitrogens with one attached hydrogen (secondary N) is 1. The van der Waals surface area contributed by atoms with Crippen LogP contribution >= 0.6 is 0 Å². The molecular formula is C21H29N4O4. The summed E-state index contributed by atoms with van der Waals surface area (Å²) in [4.78, 5) is 40.0. The van der Waals surface area contributed by atoms with Crippen molar-refractivity contribution in [3.63, 3.8) is 0 Å². The van der Waals surface area contributed by atoms with Crippen molar-refractivity contribution >= 4 is 17.7 Å². The van der Waals surface area contributed by atoms with Gasteiger partial charge in [-0.2, -0.15) is 0 Å². The van der Waals surface area contributed by atoms with Crippen LogP contribution in [0.2, 0.25) is 0 Å². The molecule has 1 saturated carbocycles. The summed E-state index contributed by atoms with van der Waals surface area (Å²) < 4.78 is 4.85. The molecule has 157 valence electrons. The maximum Gasteiger partial charge on any atom is 0.251 e. The van der Waals surface area contributed by atoms with Crippen LogP contribution in [0.3, 0.4) is 0 Å². The van der Waals surface area contributed by atoms with E-state index in [1.54, 1.807) is 6.42 Å². The van der Waals surface area contributed by atoms with E-state index in [-0.39, 0.29) is 30.4 Å². The van der Waals surface area contributed by atoms with E-state index >= 15 is 0 Å². The Kier molecular flexibility index (Phi) is 6.24. The maximum atomic E-state index is 12.7. The van der Waals surface area contributed by atoms with Crippen LogP contribution in [0.4, 0.5) is 0 Å². The van der Waals surface area contributed by atoms with Crippen molar-refractivity contribution in [3.05, 3.63) is 41.8 Å². The summed E-state index contributed by atoms with van der Waals surface area (Å²) in [6, 6.07) is 6.38. The first-order chi connectivity index (χ1) is 13.8. The Balaban J connectivity index is 1.63. The average Bonchev–Trinajstić information content (AvgIpc) is 3.31. The summed E-state index contributed by atoms with van der Waals surface area (Å²) >= 11 is 0. The number of benzene rings is 1. The van der Waals surface area contributed by atoms with E-state index in [1.165, 1.54) is 17.6 Å². The predicted octanol–water partition coefficient (Wildman–Crippen LogP) is -0.0750. The summed E-state index contributed by atoms with van der Waals surface area (Å²) in [5.41, 5.74) is 7.40. The van der Waals surface area contributed by atoms with Gasteiger partial charge in [0.15, 0.2) is 0 Å². The Hall–Kier alpha value is -2.45. The van der Waals surface area contributed by atoms with Crippen LogP contribution < -0.4 is 11.1 Å². The van der Waals surface area contributed by atoms with Crippen LogP contribution in [0, 0.1) is 6.42 Å². The molecule has 8 nitrogen and oxygen atoms in total.